The Morgan fingerprint density at radius 3 is 2.83 bits per heavy atom. The second kappa shape index (κ2) is 9.25. The van der Waals surface area contributed by atoms with Gasteiger partial charge in [0.05, 0.1) is 24.9 Å². The number of carbonyl (C=O) groups is 1. The van der Waals surface area contributed by atoms with Crippen molar-refractivity contribution in [2.45, 2.75) is 57.1 Å². The van der Waals surface area contributed by atoms with Crippen molar-refractivity contribution < 1.29 is 9.53 Å². The maximum atomic E-state index is 12.1. The number of ether oxygens (including phenoxy) is 1. The number of aromatic nitrogens is 2. The third-order valence-corrected chi connectivity index (χ3v) is 4.54. The molecule has 3 rings (SSSR count). The quantitative estimate of drug-likeness (QED) is 0.833. The number of carbonyl (C=O) groups excluding carboxylic acids is 1. The molecule has 1 unspecified atom stereocenters. The first-order chi connectivity index (χ1) is 10.8. The second-order valence-corrected chi connectivity index (χ2v) is 6.27. The summed E-state index contributed by atoms with van der Waals surface area (Å²) in [6.45, 7) is 1.91. The molecule has 23 heavy (non-hydrogen) atoms. The van der Waals surface area contributed by atoms with Gasteiger partial charge >= 0.3 is 0 Å². The number of halogens is 1. The van der Waals surface area contributed by atoms with Crippen molar-refractivity contribution in [3.05, 3.63) is 12.3 Å². The average Bonchev–Trinajstić information content (AvgIpc) is 3.20. The van der Waals surface area contributed by atoms with Crippen molar-refractivity contribution in [3.8, 4) is 0 Å². The predicted octanol–water partition coefficient (Wildman–Crippen LogP) is 2.52. The zero-order valence-electron chi connectivity index (χ0n) is 13.5. The number of hydrogen-bond donors (Lipinski definition) is 2. The number of amides is 1. The van der Waals surface area contributed by atoms with Gasteiger partial charge in [0.25, 0.3) is 0 Å². The van der Waals surface area contributed by atoms with E-state index < -0.39 is 0 Å². The first-order valence-corrected chi connectivity index (χ1v) is 8.48. The number of nitrogens with one attached hydrogen (secondary N) is 2. The lowest BCUT2D eigenvalue weighted by molar-refractivity contribution is -0.115. The highest BCUT2D eigenvalue weighted by atomic mass is 35.5. The maximum absolute atomic E-state index is 12.1. The highest BCUT2D eigenvalue weighted by molar-refractivity contribution is 5.91. The Bertz CT molecular complexity index is 482. The zero-order chi connectivity index (χ0) is 15.2. The van der Waals surface area contributed by atoms with Gasteiger partial charge in [-0.1, -0.05) is 19.3 Å². The van der Waals surface area contributed by atoms with Crippen molar-refractivity contribution in [2.75, 3.05) is 25.0 Å². The highest BCUT2D eigenvalue weighted by Crippen LogP contribution is 2.29. The van der Waals surface area contributed by atoms with Crippen LogP contribution in [0.4, 0.5) is 5.82 Å². The van der Waals surface area contributed by atoms with Crippen molar-refractivity contribution in [1.29, 1.82) is 0 Å². The van der Waals surface area contributed by atoms with Crippen LogP contribution in [0.2, 0.25) is 0 Å². The van der Waals surface area contributed by atoms with E-state index in [2.05, 4.69) is 15.7 Å². The summed E-state index contributed by atoms with van der Waals surface area (Å²) in [6.07, 6.45) is 10.4. The van der Waals surface area contributed by atoms with Crippen LogP contribution in [0.25, 0.3) is 0 Å². The fourth-order valence-electron chi connectivity index (χ4n) is 3.37. The fourth-order valence-corrected chi connectivity index (χ4v) is 3.37. The largest absolute Gasteiger partial charge is 0.377 e. The number of hydrogen-bond acceptors (Lipinski definition) is 4. The third-order valence-electron chi connectivity index (χ3n) is 4.54. The van der Waals surface area contributed by atoms with Gasteiger partial charge in [-0.15, -0.1) is 12.4 Å². The number of anilines is 1. The molecule has 1 saturated carbocycles. The topological polar surface area (TPSA) is 68.2 Å². The van der Waals surface area contributed by atoms with Crippen LogP contribution >= 0.6 is 12.4 Å². The van der Waals surface area contributed by atoms with Crippen LogP contribution in [-0.4, -0.2) is 41.5 Å². The number of nitrogens with zero attached hydrogens (tertiary/aromatic N) is 2. The van der Waals surface area contributed by atoms with E-state index in [1.54, 1.807) is 6.20 Å². The van der Waals surface area contributed by atoms with E-state index in [9.17, 15) is 4.79 Å². The number of rotatable bonds is 6. The summed E-state index contributed by atoms with van der Waals surface area (Å²) in [5.41, 5.74) is 0. The normalized spacial score (nSPS) is 21.8. The minimum atomic E-state index is -0.0180. The van der Waals surface area contributed by atoms with E-state index >= 15 is 0 Å². The van der Waals surface area contributed by atoms with Gasteiger partial charge in [-0.3, -0.25) is 4.79 Å². The van der Waals surface area contributed by atoms with Gasteiger partial charge < -0.3 is 15.4 Å². The molecule has 6 nitrogen and oxygen atoms in total. The van der Waals surface area contributed by atoms with Crippen molar-refractivity contribution in [3.63, 3.8) is 0 Å². The lowest BCUT2D eigenvalue weighted by atomic mass is 9.96. The van der Waals surface area contributed by atoms with E-state index in [1.807, 2.05) is 10.7 Å². The fraction of sp³-hybridized carbons (Fsp3) is 0.750. The molecule has 2 aliphatic rings. The van der Waals surface area contributed by atoms with Gasteiger partial charge in [-0.25, -0.2) is 4.68 Å². The van der Waals surface area contributed by atoms with Crippen LogP contribution in [0.5, 0.6) is 0 Å². The molecule has 7 heteroatoms. The molecular formula is C16H27ClN4O2. The summed E-state index contributed by atoms with van der Waals surface area (Å²) in [5, 5.41) is 10.5. The van der Waals surface area contributed by atoms with E-state index in [0.29, 0.717) is 12.6 Å². The summed E-state index contributed by atoms with van der Waals surface area (Å²) < 4.78 is 7.51. The summed E-state index contributed by atoms with van der Waals surface area (Å²) in [7, 11) is 0. The molecule has 1 aromatic heterocycles. The maximum Gasteiger partial charge on any atom is 0.239 e. The molecule has 0 spiro atoms. The second-order valence-electron chi connectivity index (χ2n) is 6.27. The smallest absolute Gasteiger partial charge is 0.239 e. The third kappa shape index (κ3) is 5.19. The molecule has 2 N–H and O–H groups in total. The first kappa shape index (κ1) is 18.2. The molecule has 1 amide bonds. The molecule has 1 atom stereocenters. The van der Waals surface area contributed by atoms with E-state index in [0.717, 1.165) is 44.7 Å². The Hall–Kier alpha value is -1.11. The van der Waals surface area contributed by atoms with Crippen LogP contribution in [0.1, 0.15) is 51.0 Å². The standard InChI is InChI=1S/C16H26N4O2.ClH/c21-16(12-17-11-14-7-4-10-22-14)19-15-8-9-18-20(15)13-5-2-1-3-6-13;/h8-9,13-14,17H,1-7,10-12H2,(H,19,21);1H. The Labute approximate surface area is 143 Å². The molecule has 1 aliphatic carbocycles. The Kier molecular flexibility index (Phi) is 7.33. The molecule has 2 fully saturated rings. The van der Waals surface area contributed by atoms with Crippen molar-refractivity contribution in [1.82, 2.24) is 15.1 Å². The SMILES string of the molecule is Cl.O=C(CNCC1CCCO1)Nc1ccnn1C1CCCCC1. The van der Waals surface area contributed by atoms with Crippen molar-refractivity contribution in [2.24, 2.45) is 0 Å². The first-order valence-electron chi connectivity index (χ1n) is 8.48. The Morgan fingerprint density at radius 2 is 2.09 bits per heavy atom. The minimum absolute atomic E-state index is 0. The molecule has 1 aromatic rings. The highest BCUT2D eigenvalue weighted by Gasteiger charge is 2.19. The van der Waals surface area contributed by atoms with Gasteiger partial charge in [0.1, 0.15) is 5.82 Å². The molecule has 0 radical (unpaired) electrons. The summed E-state index contributed by atoms with van der Waals surface area (Å²) in [5.74, 6) is 0.798. The molecule has 130 valence electrons. The van der Waals surface area contributed by atoms with E-state index in [-0.39, 0.29) is 24.4 Å². The molecular weight excluding hydrogens is 316 g/mol. The van der Waals surface area contributed by atoms with Gasteiger partial charge in [0.15, 0.2) is 0 Å². The molecule has 1 aliphatic heterocycles. The summed E-state index contributed by atoms with van der Waals surface area (Å²) in [4.78, 5) is 12.1. The van der Waals surface area contributed by atoms with Crippen LogP contribution in [0.3, 0.4) is 0 Å². The lowest BCUT2D eigenvalue weighted by Crippen LogP contribution is -2.34. The van der Waals surface area contributed by atoms with Crippen LogP contribution in [0, 0.1) is 0 Å². The van der Waals surface area contributed by atoms with Crippen LogP contribution in [-0.2, 0) is 9.53 Å². The van der Waals surface area contributed by atoms with Crippen molar-refractivity contribution >= 4 is 24.1 Å². The summed E-state index contributed by atoms with van der Waals surface area (Å²) in [6, 6.07) is 2.31. The Morgan fingerprint density at radius 1 is 1.26 bits per heavy atom. The Balaban J connectivity index is 0.00000192. The monoisotopic (exact) mass is 342 g/mol. The minimum Gasteiger partial charge on any atom is -0.377 e. The van der Waals surface area contributed by atoms with E-state index in [1.165, 1.54) is 19.3 Å². The predicted molar refractivity (Wildman–Crippen MR) is 92.1 cm³/mol. The van der Waals surface area contributed by atoms with Gasteiger partial charge in [0, 0.05) is 19.2 Å². The zero-order valence-corrected chi connectivity index (χ0v) is 14.3. The van der Waals surface area contributed by atoms with Crippen LogP contribution < -0.4 is 10.6 Å². The van der Waals surface area contributed by atoms with Gasteiger partial charge in [-0.05, 0) is 25.7 Å². The lowest BCUT2D eigenvalue weighted by Gasteiger charge is -2.24. The van der Waals surface area contributed by atoms with Crippen LogP contribution in [0.15, 0.2) is 12.3 Å². The average molecular weight is 343 g/mol. The summed E-state index contributed by atoms with van der Waals surface area (Å²) >= 11 is 0. The van der Waals surface area contributed by atoms with Gasteiger partial charge in [-0.2, -0.15) is 5.10 Å². The molecule has 0 aromatic carbocycles. The van der Waals surface area contributed by atoms with E-state index in [4.69, 9.17) is 4.74 Å². The molecule has 2 heterocycles. The van der Waals surface area contributed by atoms with Gasteiger partial charge in [0.2, 0.25) is 5.91 Å². The molecule has 1 saturated heterocycles. The molecule has 0 bridgehead atoms.